The summed E-state index contributed by atoms with van der Waals surface area (Å²) in [5.41, 5.74) is 2.63. The molecule has 4 nitrogen and oxygen atoms in total. The third-order valence-electron chi connectivity index (χ3n) is 3.72. The van der Waals surface area contributed by atoms with Gasteiger partial charge in [-0.2, -0.15) is 0 Å². The number of rotatable bonds is 5. The zero-order chi connectivity index (χ0) is 13.7. The molecule has 1 aromatic rings. The van der Waals surface area contributed by atoms with Crippen LogP contribution in [0.15, 0.2) is 24.3 Å². The van der Waals surface area contributed by atoms with E-state index in [-0.39, 0.29) is 18.6 Å². The molecule has 1 amide bonds. The summed E-state index contributed by atoms with van der Waals surface area (Å²) in [6, 6.07) is 8.52. The Balaban J connectivity index is 1.94. The van der Waals surface area contributed by atoms with Crippen LogP contribution in [0.5, 0.6) is 0 Å². The average molecular weight is 262 g/mol. The number of hydrogen-bond donors (Lipinski definition) is 2. The third-order valence-corrected chi connectivity index (χ3v) is 3.72. The smallest absolute Gasteiger partial charge is 0.224 e. The number of hydrogen-bond acceptors (Lipinski definition) is 3. The molecule has 2 N–H and O–H groups in total. The van der Waals surface area contributed by atoms with Gasteiger partial charge in [-0.05, 0) is 24.5 Å². The molecule has 19 heavy (non-hydrogen) atoms. The van der Waals surface area contributed by atoms with Crippen LogP contribution < -0.4 is 5.32 Å². The van der Waals surface area contributed by atoms with E-state index < -0.39 is 0 Å². The van der Waals surface area contributed by atoms with Crippen LogP contribution >= 0.6 is 0 Å². The number of carbonyl (C=O) groups excluding carboxylic acids is 1. The molecule has 1 aliphatic rings. The van der Waals surface area contributed by atoms with Gasteiger partial charge in [0.2, 0.25) is 5.91 Å². The molecule has 0 aromatic heterocycles. The van der Waals surface area contributed by atoms with E-state index in [1.807, 2.05) is 11.0 Å². The maximum atomic E-state index is 12.2. The summed E-state index contributed by atoms with van der Waals surface area (Å²) in [5.74, 6) is 0.187. The first-order chi connectivity index (χ1) is 9.24. The lowest BCUT2D eigenvalue weighted by atomic mass is 9.93. The van der Waals surface area contributed by atoms with Gasteiger partial charge in [0.25, 0.3) is 0 Å². The SMILES string of the molecule is C[C@@H]1c2ccccc2CCN1C(=O)CCNCCO. The minimum atomic E-state index is 0.113. The van der Waals surface area contributed by atoms with Crippen molar-refractivity contribution in [3.05, 3.63) is 35.4 Å². The van der Waals surface area contributed by atoms with Crippen molar-refractivity contribution >= 4 is 5.91 Å². The van der Waals surface area contributed by atoms with Crippen LogP contribution in [-0.4, -0.2) is 42.2 Å². The van der Waals surface area contributed by atoms with E-state index in [1.165, 1.54) is 11.1 Å². The van der Waals surface area contributed by atoms with Gasteiger partial charge in [0.1, 0.15) is 0 Å². The molecule has 1 aliphatic heterocycles. The summed E-state index contributed by atoms with van der Waals surface area (Å²) in [4.78, 5) is 14.2. The minimum Gasteiger partial charge on any atom is -0.395 e. The second-order valence-electron chi connectivity index (χ2n) is 4.94. The second-order valence-corrected chi connectivity index (χ2v) is 4.94. The number of aliphatic hydroxyl groups is 1. The molecular formula is C15H22N2O2. The van der Waals surface area contributed by atoms with Crippen LogP contribution in [0, 0.1) is 0 Å². The predicted molar refractivity (Wildman–Crippen MR) is 74.8 cm³/mol. The Morgan fingerprint density at radius 2 is 2.21 bits per heavy atom. The van der Waals surface area contributed by atoms with Gasteiger partial charge >= 0.3 is 0 Å². The van der Waals surface area contributed by atoms with Crippen LogP contribution in [0.4, 0.5) is 0 Å². The highest BCUT2D eigenvalue weighted by Gasteiger charge is 2.26. The fourth-order valence-electron chi connectivity index (χ4n) is 2.66. The summed E-state index contributed by atoms with van der Waals surface area (Å²) in [7, 11) is 0. The van der Waals surface area contributed by atoms with Crippen LogP contribution in [-0.2, 0) is 11.2 Å². The van der Waals surface area contributed by atoms with Crippen LogP contribution in [0.3, 0.4) is 0 Å². The van der Waals surface area contributed by atoms with Crippen molar-refractivity contribution in [1.29, 1.82) is 0 Å². The van der Waals surface area contributed by atoms with E-state index in [9.17, 15) is 4.79 Å². The number of aliphatic hydroxyl groups excluding tert-OH is 1. The molecule has 0 radical (unpaired) electrons. The van der Waals surface area contributed by atoms with Crippen molar-refractivity contribution in [3.63, 3.8) is 0 Å². The van der Waals surface area contributed by atoms with Gasteiger partial charge in [0, 0.05) is 26.1 Å². The monoisotopic (exact) mass is 262 g/mol. The maximum absolute atomic E-state index is 12.2. The third kappa shape index (κ3) is 3.33. The van der Waals surface area contributed by atoms with E-state index in [1.54, 1.807) is 0 Å². The predicted octanol–water partition coefficient (Wildman–Crippen LogP) is 1.10. The van der Waals surface area contributed by atoms with Gasteiger partial charge < -0.3 is 15.3 Å². The Labute approximate surface area is 114 Å². The fraction of sp³-hybridized carbons (Fsp3) is 0.533. The van der Waals surface area contributed by atoms with E-state index >= 15 is 0 Å². The normalized spacial score (nSPS) is 18.2. The lowest BCUT2D eigenvalue weighted by Gasteiger charge is -2.35. The number of nitrogens with zero attached hydrogens (tertiary/aromatic N) is 1. The van der Waals surface area contributed by atoms with Crippen molar-refractivity contribution in [1.82, 2.24) is 10.2 Å². The van der Waals surface area contributed by atoms with E-state index in [2.05, 4.69) is 30.4 Å². The number of nitrogens with one attached hydrogen (secondary N) is 1. The Morgan fingerprint density at radius 1 is 1.42 bits per heavy atom. The molecule has 104 valence electrons. The van der Waals surface area contributed by atoms with E-state index in [0.29, 0.717) is 19.5 Å². The van der Waals surface area contributed by atoms with Gasteiger partial charge in [-0.15, -0.1) is 0 Å². The number of carbonyl (C=O) groups is 1. The van der Waals surface area contributed by atoms with Crippen LogP contribution in [0.25, 0.3) is 0 Å². The number of fused-ring (bicyclic) bond motifs is 1. The summed E-state index contributed by atoms with van der Waals surface area (Å²) in [6.45, 7) is 4.19. The average Bonchev–Trinajstić information content (AvgIpc) is 2.44. The first kappa shape index (κ1) is 14.0. The lowest BCUT2D eigenvalue weighted by molar-refractivity contribution is -0.133. The molecule has 4 heteroatoms. The fourth-order valence-corrected chi connectivity index (χ4v) is 2.66. The number of amides is 1. The highest BCUT2D eigenvalue weighted by molar-refractivity contribution is 5.77. The Kier molecular flexibility index (Phi) is 4.93. The van der Waals surface area contributed by atoms with E-state index in [0.717, 1.165) is 13.0 Å². The van der Waals surface area contributed by atoms with Crippen molar-refractivity contribution in [2.75, 3.05) is 26.2 Å². The Hall–Kier alpha value is -1.39. The summed E-state index contributed by atoms with van der Waals surface area (Å²) in [6.07, 6.45) is 1.43. The highest BCUT2D eigenvalue weighted by atomic mass is 16.3. The highest BCUT2D eigenvalue weighted by Crippen LogP contribution is 2.29. The van der Waals surface area contributed by atoms with Gasteiger partial charge in [-0.25, -0.2) is 0 Å². The quantitative estimate of drug-likeness (QED) is 0.781. The standard InChI is InChI=1S/C15H22N2O2/c1-12-14-5-3-2-4-13(14)7-10-17(12)15(19)6-8-16-9-11-18/h2-5,12,16,18H,6-11H2,1H3/t12-/m1/s1. The zero-order valence-electron chi connectivity index (χ0n) is 11.4. The molecule has 0 spiro atoms. The second kappa shape index (κ2) is 6.68. The largest absolute Gasteiger partial charge is 0.395 e. The van der Waals surface area contributed by atoms with Crippen molar-refractivity contribution in [2.45, 2.75) is 25.8 Å². The molecule has 0 fully saturated rings. The van der Waals surface area contributed by atoms with Crippen molar-refractivity contribution in [3.8, 4) is 0 Å². The summed E-state index contributed by atoms with van der Waals surface area (Å²) < 4.78 is 0. The molecule has 1 aromatic carbocycles. The Morgan fingerprint density at radius 3 is 3.00 bits per heavy atom. The molecule has 1 heterocycles. The molecule has 0 saturated carbocycles. The minimum absolute atomic E-state index is 0.113. The molecule has 2 rings (SSSR count). The van der Waals surface area contributed by atoms with Crippen molar-refractivity contribution < 1.29 is 9.90 Å². The van der Waals surface area contributed by atoms with Gasteiger partial charge in [0.05, 0.1) is 12.6 Å². The molecule has 1 atom stereocenters. The lowest BCUT2D eigenvalue weighted by Crippen LogP contribution is -2.40. The topological polar surface area (TPSA) is 52.6 Å². The summed E-state index contributed by atoms with van der Waals surface area (Å²) in [5, 5.41) is 11.7. The molecule has 0 unspecified atom stereocenters. The molecule has 0 bridgehead atoms. The maximum Gasteiger partial charge on any atom is 0.224 e. The molecular weight excluding hydrogens is 240 g/mol. The molecule has 0 aliphatic carbocycles. The van der Waals surface area contributed by atoms with Gasteiger partial charge in [-0.3, -0.25) is 4.79 Å². The first-order valence-electron chi connectivity index (χ1n) is 6.93. The van der Waals surface area contributed by atoms with E-state index in [4.69, 9.17) is 5.11 Å². The zero-order valence-corrected chi connectivity index (χ0v) is 11.4. The first-order valence-corrected chi connectivity index (χ1v) is 6.93. The Bertz CT molecular complexity index is 434. The van der Waals surface area contributed by atoms with Gasteiger partial charge in [-0.1, -0.05) is 24.3 Å². The summed E-state index contributed by atoms with van der Waals surface area (Å²) >= 11 is 0. The van der Waals surface area contributed by atoms with Crippen LogP contribution in [0.2, 0.25) is 0 Å². The van der Waals surface area contributed by atoms with Gasteiger partial charge in [0.15, 0.2) is 0 Å². The van der Waals surface area contributed by atoms with Crippen molar-refractivity contribution in [2.24, 2.45) is 0 Å². The number of benzene rings is 1. The molecule has 0 saturated heterocycles. The van der Waals surface area contributed by atoms with Crippen LogP contribution in [0.1, 0.15) is 30.5 Å².